The third kappa shape index (κ3) is 5.12. The molecule has 0 atom stereocenters. The van der Waals surface area contributed by atoms with Gasteiger partial charge in [0.25, 0.3) is 0 Å². The van der Waals surface area contributed by atoms with Crippen LogP contribution in [0, 0.1) is 5.82 Å². The summed E-state index contributed by atoms with van der Waals surface area (Å²) in [5.41, 5.74) is 3.43. The number of hydrogen-bond acceptors (Lipinski definition) is 4. The number of carbonyl (C=O) groups excluding carboxylic acids is 2. The number of benzene rings is 1. The van der Waals surface area contributed by atoms with E-state index in [2.05, 4.69) is 20.8 Å². The Bertz CT molecular complexity index is 672. The molecule has 0 aliphatic heterocycles. The van der Waals surface area contributed by atoms with Crippen molar-refractivity contribution in [3.8, 4) is 0 Å². The van der Waals surface area contributed by atoms with E-state index in [4.69, 9.17) is 0 Å². The highest BCUT2D eigenvalue weighted by Gasteiger charge is 2.08. The van der Waals surface area contributed by atoms with Crippen LogP contribution in [0.4, 0.5) is 10.1 Å². The van der Waals surface area contributed by atoms with E-state index in [1.54, 1.807) is 24.5 Å². The Morgan fingerprint density at radius 2 is 1.77 bits per heavy atom. The predicted molar refractivity (Wildman–Crippen MR) is 79.6 cm³/mol. The van der Waals surface area contributed by atoms with Crippen LogP contribution in [-0.2, 0) is 9.59 Å². The molecule has 0 spiro atoms. The fraction of sp³-hybridized carbons (Fsp3) is 0.0667. The van der Waals surface area contributed by atoms with Gasteiger partial charge in [-0.3, -0.25) is 14.6 Å². The Hall–Kier alpha value is -3.09. The Kier molecular flexibility index (Phi) is 5.31. The number of carbonyl (C=O) groups is 2. The van der Waals surface area contributed by atoms with Crippen LogP contribution in [0.3, 0.4) is 0 Å². The average Bonchev–Trinajstić information content (AvgIpc) is 2.50. The number of amides is 2. The molecule has 112 valence electrons. The third-order valence-electron chi connectivity index (χ3n) is 2.56. The zero-order valence-electron chi connectivity index (χ0n) is 11.5. The van der Waals surface area contributed by atoms with Gasteiger partial charge in [-0.2, -0.15) is 5.10 Å². The van der Waals surface area contributed by atoms with E-state index in [9.17, 15) is 14.0 Å². The summed E-state index contributed by atoms with van der Waals surface area (Å²) in [6.45, 7) is 0. The van der Waals surface area contributed by atoms with Gasteiger partial charge in [-0.15, -0.1) is 0 Å². The highest BCUT2D eigenvalue weighted by atomic mass is 19.1. The molecule has 7 heteroatoms. The first kappa shape index (κ1) is 15.3. The number of pyridine rings is 1. The third-order valence-corrected chi connectivity index (χ3v) is 2.56. The molecule has 2 N–H and O–H groups in total. The second kappa shape index (κ2) is 7.63. The van der Waals surface area contributed by atoms with Crippen LogP contribution in [0.2, 0.25) is 0 Å². The molecule has 2 rings (SSSR count). The predicted octanol–water partition coefficient (Wildman–Crippen LogP) is 1.70. The lowest BCUT2D eigenvalue weighted by Gasteiger charge is -2.04. The number of aromatic nitrogens is 1. The van der Waals surface area contributed by atoms with Gasteiger partial charge in [-0.05, 0) is 42.0 Å². The minimum atomic E-state index is -0.551. The van der Waals surface area contributed by atoms with Gasteiger partial charge < -0.3 is 5.32 Å². The van der Waals surface area contributed by atoms with Crippen molar-refractivity contribution in [2.24, 2.45) is 5.10 Å². The molecule has 0 saturated heterocycles. The monoisotopic (exact) mass is 300 g/mol. The normalized spacial score (nSPS) is 10.4. The van der Waals surface area contributed by atoms with Crippen molar-refractivity contribution in [1.29, 1.82) is 0 Å². The summed E-state index contributed by atoms with van der Waals surface area (Å²) in [6.07, 6.45) is 4.25. The molecule has 0 saturated carbocycles. The summed E-state index contributed by atoms with van der Waals surface area (Å²) in [4.78, 5) is 27.0. The fourth-order valence-corrected chi connectivity index (χ4v) is 1.55. The minimum absolute atomic E-state index is 0.384. The number of hydrazone groups is 1. The van der Waals surface area contributed by atoms with Crippen molar-refractivity contribution in [2.75, 3.05) is 5.32 Å². The largest absolute Gasteiger partial charge is 0.326 e. The zero-order valence-corrected chi connectivity index (χ0v) is 11.5. The Morgan fingerprint density at radius 3 is 2.45 bits per heavy atom. The molecule has 0 bridgehead atoms. The topological polar surface area (TPSA) is 83.5 Å². The first-order valence-corrected chi connectivity index (χ1v) is 6.41. The van der Waals surface area contributed by atoms with E-state index in [0.29, 0.717) is 5.69 Å². The van der Waals surface area contributed by atoms with Crippen molar-refractivity contribution in [2.45, 2.75) is 6.42 Å². The SMILES string of the molecule is O=C(CC(=O)Nc1ccc(F)cc1)NN=Cc1ccncc1. The molecule has 2 aromatic rings. The van der Waals surface area contributed by atoms with Crippen LogP contribution in [0.25, 0.3) is 0 Å². The molecule has 0 radical (unpaired) electrons. The summed E-state index contributed by atoms with van der Waals surface area (Å²) in [5.74, 6) is -1.46. The number of rotatable bonds is 5. The molecule has 1 aromatic heterocycles. The summed E-state index contributed by atoms with van der Waals surface area (Å²) in [7, 11) is 0. The molecule has 0 unspecified atom stereocenters. The van der Waals surface area contributed by atoms with Crippen molar-refractivity contribution in [3.05, 3.63) is 60.2 Å². The molecule has 0 fully saturated rings. The maximum Gasteiger partial charge on any atom is 0.249 e. The molecule has 6 nitrogen and oxygen atoms in total. The summed E-state index contributed by atoms with van der Waals surface area (Å²) in [6, 6.07) is 8.69. The van der Waals surface area contributed by atoms with Crippen molar-refractivity contribution in [3.63, 3.8) is 0 Å². The van der Waals surface area contributed by atoms with Gasteiger partial charge in [-0.1, -0.05) is 0 Å². The Labute approximate surface area is 126 Å². The standard InChI is InChI=1S/C15H13FN4O2/c16-12-1-3-13(4-2-12)19-14(21)9-15(22)20-18-10-11-5-7-17-8-6-11/h1-8,10H,9H2,(H,19,21)(H,20,22). The second-order valence-electron chi connectivity index (χ2n) is 4.31. The summed E-state index contributed by atoms with van der Waals surface area (Å²) >= 11 is 0. The minimum Gasteiger partial charge on any atom is -0.326 e. The number of hydrogen-bond donors (Lipinski definition) is 2. The van der Waals surface area contributed by atoms with Gasteiger partial charge in [0.15, 0.2) is 0 Å². The quantitative estimate of drug-likeness (QED) is 0.501. The molecule has 0 aliphatic carbocycles. The highest BCUT2D eigenvalue weighted by molar-refractivity contribution is 6.03. The Morgan fingerprint density at radius 1 is 1.09 bits per heavy atom. The number of halogens is 1. The summed E-state index contributed by atoms with van der Waals surface area (Å²) < 4.78 is 12.7. The van der Waals surface area contributed by atoms with Crippen molar-refractivity contribution in [1.82, 2.24) is 10.4 Å². The van der Waals surface area contributed by atoms with E-state index >= 15 is 0 Å². The van der Waals surface area contributed by atoms with E-state index in [-0.39, 0.29) is 6.42 Å². The van der Waals surface area contributed by atoms with Crippen LogP contribution >= 0.6 is 0 Å². The van der Waals surface area contributed by atoms with Crippen LogP contribution in [-0.4, -0.2) is 23.0 Å². The van der Waals surface area contributed by atoms with Crippen molar-refractivity contribution >= 4 is 23.7 Å². The summed E-state index contributed by atoms with van der Waals surface area (Å²) in [5, 5.41) is 6.21. The lowest BCUT2D eigenvalue weighted by atomic mass is 10.3. The number of anilines is 1. The lowest BCUT2D eigenvalue weighted by Crippen LogP contribution is -2.24. The van der Waals surface area contributed by atoms with Gasteiger partial charge in [0.1, 0.15) is 12.2 Å². The molecular weight excluding hydrogens is 287 g/mol. The maximum atomic E-state index is 12.7. The van der Waals surface area contributed by atoms with E-state index in [1.807, 2.05) is 0 Å². The van der Waals surface area contributed by atoms with E-state index < -0.39 is 17.6 Å². The maximum absolute atomic E-state index is 12.7. The van der Waals surface area contributed by atoms with E-state index in [1.165, 1.54) is 30.5 Å². The van der Waals surface area contributed by atoms with Crippen molar-refractivity contribution < 1.29 is 14.0 Å². The first-order valence-electron chi connectivity index (χ1n) is 6.41. The Balaban J connectivity index is 1.78. The molecular formula is C15H13FN4O2. The molecule has 0 aliphatic rings. The first-order chi connectivity index (χ1) is 10.6. The fourth-order valence-electron chi connectivity index (χ4n) is 1.55. The van der Waals surface area contributed by atoms with E-state index in [0.717, 1.165) is 5.56 Å². The smallest absolute Gasteiger partial charge is 0.249 e. The van der Waals surface area contributed by atoms with Gasteiger partial charge in [0.05, 0.1) is 6.21 Å². The zero-order chi connectivity index (χ0) is 15.8. The second-order valence-corrected chi connectivity index (χ2v) is 4.31. The van der Waals surface area contributed by atoms with Gasteiger partial charge in [0, 0.05) is 18.1 Å². The molecule has 2 amide bonds. The highest BCUT2D eigenvalue weighted by Crippen LogP contribution is 2.08. The molecule has 22 heavy (non-hydrogen) atoms. The van der Waals surface area contributed by atoms with Crippen LogP contribution < -0.4 is 10.7 Å². The number of nitrogens with one attached hydrogen (secondary N) is 2. The number of nitrogens with zero attached hydrogens (tertiary/aromatic N) is 2. The van der Waals surface area contributed by atoms with Crippen LogP contribution in [0.15, 0.2) is 53.9 Å². The van der Waals surface area contributed by atoms with Crippen LogP contribution in [0.1, 0.15) is 12.0 Å². The molecule has 1 heterocycles. The van der Waals surface area contributed by atoms with Gasteiger partial charge >= 0.3 is 0 Å². The molecule has 1 aromatic carbocycles. The average molecular weight is 300 g/mol. The van der Waals surface area contributed by atoms with Gasteiger partial charge in [-0.25, -0.2) is 9.82 Å². The van der Waals surface area contributed by atoms with Gasteiger partial charge in [0.2, 0.25) is 11.8 Å². The lowest BCUT2D eigenvalue weighted by molar-refractivity contribution is -0.126. The van der Waals surface area contributed by atoms with Crippen LogP contribution in [0.5, 0.6) is 0 Å².